The molecule has 0 amide bonds. The number of rotatable bonds is 7. The van der Waals surface area contributed by atoms with Crippen molar-refractivity contribution in [2.45, 2.75) is 54.1 Å². The van der Waals surface area contributed by atoms with Crippen molar-refractivity contribution in [2.75, 3.05) is 7.11 Å². The van der Waals surface area contributed by atoms with Crippen molar-refractivity contribution in [3.8, 4) is 5.75 Å². The number of ether oxygens (including phenoxy) is 2. The van der Waals surface area contributed by atoms with Gasteiger partial charge in [0.15, 0.2) is 0 Å². The van der Waals surface area contributed by atoms with Crippen molar-refractivity contribution in [2.24, 2.45) is 10.8 Å². The zero-order valence-corrected chi connectivity index (χ0v) is 17.5. The molecule has 0 spiro atoms. The van der Waals surface area contributed by atoms with E-state index in [1.807, 2.05) is 51.1 Å². The molecule has 0 saturated carbocycles. The van der Waals surface area contributed by atoms with Gasteiger partial charge in [-0.25, -0.2) is 4.79 Å². The molecule has 1 aromatic rings. The Labute approximate surface area is 163 Å². The SMILES string of the molecule is COc1cccc(C=CC=CC(=O)C(=O)OC(CC(C)(C)C)C(C)(C)C)c1. The van der Waals surface area contributed by atoms with Crippen molar-refractivity contribution in [1.29, 1.82) is 0 Å². The van der Waals surface area contributed by atoms with Crippen molar-refractivity contribution in [1.82, 2.24) is 0 Å². The standard InChI is InChI=1S/C23H32O4/c1-22(2,3)16-20(23(4,5)6)27-21(25)19(24)14-9-8-11-17-12-10-13-18(15-17)26-7/h8-15,20H,16H2,1-7H3. The minimum absolute atomic E-state index is 0.00338. The predicted molar refractivity (Wildman–Crippen MR) is 110 cm³/mol. The van der Waals surface area contributed by atoms with E-state index in [0.717, 1.165) is 11.3 Å². The van der Waals surface area contributed by atoms with E-state index >= 15 is 0 Å². The van der Waals surface area contributed by atoms with Crippen LogP contribution in [-0.2, 0) is 14.3 Å². The summed E-state index contributed by atoms with van der Waals surface area (Å²) in [6.07, 6.45) is 6.67. The third-order valence-electron chi connectivity index (χ3n) is 3.96. The van der Waals surface area contributed by atoms with E-state index in [4.69, 9.17) is 9.47 Å². The molecule has 0 saturated heterocycles. The van der Waals surface area contributed by atoms with Crippen LogP contribution in [0.5, 0.6) is 5.75 Å². The second-order valence-electron chi connectivity index (χ2n) is 8.88. The van der Waals surface area contributed by atoms with E-state index in [2.05, 4.69) is 20.8 Å². The number of hydrogen-bond donors (Lipinski definition) is 0. The summed E-state index contributed by atoms with van der Waals surface area (Å²) in [5.41, 5.74) is 0.697. The minimum atomic E-state index is -0.815. The van der Waals surface area contributed by atoms with E-state index < -0.39 is 11.8 Å². The van der Waals surface area contributed by atoms with Crippen LogP contribution < -0.4 is 4.74 Å². The molecular formula is C23H32O4. The number of hydrogen-bond acceptors (Lipinski definition) is 4. The number of ketones is 1. The summed E-state index contributed by atoms with van der Waals surface area (Å²) >= 11 is 0. The van der Waals surface area contributed by atoms with Gasteiger partial charge >= 0.3 is 5.97 Å². The number of benzene rings is 1. The van der Waals surface area contributed by atoms with Gasteiger partial charge < -0.3 is 9.47 Å². The zero-order valence-electron chi connectivity index (χ0n) is 17.5. The van der Waals surface area contributed by atoms with Gasteiger partial charge in [-0.2, -0.15) is 0 Å². The molecule has 1 atom stereocenters. The van der Waals surface area contributed by atoms with E-state index in [0.29, 0.717) is 6.42 Å². The van der Waals surface area contributed by atoms with Crippen LogP contribution in [0, 0.1) is 10.8 Å². The van der Waals surface area contributed by atoms with Crippen LogP contribution in [0.15, 0.2) is 42.5 Å². The first-order valence-electron chi connectivity index (χ1n) is 9.16. The van der Waals surface area contributed by atoms with Crippen LogP contribution >= 0.6 is 0 Å². The monoisotopic (exact) mass is 372 g/mol. The Hall–Kier alpha value is -2.36. The molecule has 0 aromatic heterocycles. The van der Waals surface area contributed by atoms with Gasteiger partial charge in [-0.15, -0.1) is 0 Å². The Morgan fingerprint density at radius 2 is 1.74 bits per heavy atom. The molecule has 0 aliphatic heterocycles. The molecule has 1 aromatic carbocycles. The van der Waals surface area contributed by atoms with Gasteiger partial charge in [-0.05, 0) is 41.0 Å². The number of carbonyl (C=O) groups is 2. The lowest BCUT2D eigenvalue weighted by Crippen LogP contribution is -2.36. The minimum Gasteiger partial charge on any atom is -0.497 e. The first kappa shape index (κ1) is 22.7. The van der Waals surface area contributed by atoms with E-state index in [-0.39, 0.29) is 16.9 Å². The summed E-state index contributed by atoms with van der Waals surface area (Å²) in [7, 11) is 1.61. The van der Waals surface area contributed by atoms with Crippen LogP contribution in [0.3, 0.4) is 0 Å². The molecule has 27 heavy (non-hydrogen) atoms. The van der Waals surface area contributed by atoms with Crippen molar-refractivity contribution in [3.63, 3.8) is 0 Å². The molecular weight excluding hydrogens is 340 g/mol. The number of allylic oxidation sites excluding steroid dienone is 2. The number of carbonyl (C=O) groups excluding carboxylic acids is 2. The third kappa shape index (κ3) is 8.72. The van der Waals surface area contributed by atoms with E-state index in [9.17, 15) is 9.59 Å². The van der Waals surface area contributed by atoms with Gasteiger partial charge in [-0.3, -0.25) is 4.79 Å². The first-order chi connectivity index (χ1) is 12.4. The zero-order chi connectivity index (χ0) is 20.7. The molecule has 1 rings (SSSR count). The van der Waals surface area contributed by atoms with Crippen LogP contribution in [0.25, 0.3) is 6.08 Å². The Morgan fingerprint density at radius 3 is 2.30 bits per heavy atom. The molecule has 148 valence electrons. The molecule has 4 nitrogen and oxygen atoms in total. The van der Waals surface area contributed by atoms with Crippen LogP contribution in [0.2, 0.25) is 0 Å². The fourth-order valence-corrected chi connectivity index (χ4v) is 2.39. The summed E-state index contributed by atoms with van der Waals surface area (Å²) < 4.78 is 10.7. The number of esters is 1. The van der Waals surface area contributed by atoms with Crippen molar-refractivity contribution >= 4 is 17.8 Å². The smallest absolute Gasteiger partial charge is 0.379 e. The summed E-state index contributed by atoms with van der Waals surface area (Å²) in [6.45, 7) is 12.3. The molecule has 4 heteroatoms. The Balaban J connectivity index is 2.70. The largest absolute Gasteiger partial charge is 0.497 e. The highest BCUT2D eigenvalue weighted by atomic mass is 16.5. The summed E-state index contributed by atoms with van der Waals surface area (Å²) in [5, 5.41) is 0. The van der Waals surface area contributed by atoms with Gasteiger partial charge in [0.25, 0.3) is 5.78 Å². The number of methoxy groups -OCH3 is 1. The van der Waals surface area contributed by atoms with Crippen molar-refractivity contribution in [3.05, 3.63) is 48.1 Å². The molecule has 0 heterocycles. The maximum absolute atomic E-state index is 12.2. The quantitative estimate of drug-likeness (QED) is 0.285. The first-order valence-corrected chi connectivity index (χ1v) is 9.16. The molecule has 0 fully saturated rings. The lowest BCUT2D eigenvalue weighted by Gasteiger charge is -2.34. The topological polar surface area (TPSA) is 52.6 Å². The highest BCUT2D eigenvalue weighted by Crippen LogP contribution is 2.32. The average Bonchev–Trinajstić information content (AvgIpc) is 2.56. The van der Waals surface area contributed by atoms with Crippen LogP contribution in [-0.4, -0.2) is 25.0 Å². The summed E-state index contributed by atoms with van der Waals surface area (Å²) in [6, 6.07) is 7.53. The average molecular weight is 373 g/mol. The van der Waals surface area contributed by atoms with Gasteiger partial charge in [0, 0.05) is 0 Å². The predicted octanol–water partition coefficient (Wildman–Crippen LogP) is 5.23. The van der Waals surface area contributed by atoms with E-state index in [1.54, 1.807) is 19.3 Å². The Bertz CT molecular complexity index is 700. The van der Waals surface area contributed by atoms with Gasteiger partial charge in [-0.1, -0.05) is 71.9 Å². The molecule has 0 bridgehead atoms. The van der Waals surface area contributed by atoms with E-state index in [1.165, 1.54) is 6.08 Å². The highest BCUT2D eigenvalue weighted by Gasteiger charge is 2.33. The lowest BCUT2D eigenvalue weighted by molar-refractivity contribution is -0.162. The highest BCUT2D eigenvalue weighted by molar-refractivity contribution is 6.38. The Morgan fingerprint density at radius 1 is 1.07 bits per heavy atom. The second kappa shape index (κ2) is 9.54. The summed E-state index contributed by atoms with van der Waals surface area (Å²) in [5.74, 6) is -0.716. The molecule has 0 aliphatic carbocycles. The van der Waals surface area contributed by atoms with Gasteiger partial charge in [0.2, 0.25) is 0 Å². The van der Waals surface area contributed by atoms with Crippen molar-refractivity contribution < 1.29 is 19.1 Å². The van der Waals surface area contributed by atoms with Gasteiger partial charge in [0.05, 0.1) is 7.11 Å². The third-order valence-corrected chi connectivity index (χ3v) is 3.96. The summed E-state index contributed by atoms with van der Waals surface area (Å²) in [4.78, 5) is 24.2. The molecule has 0 radical (unpaired) electrons. The normalized spacial score (nSPS) is 13.7. The van der Waals surface area contributed by atoms with Crippen LogP contribution in [0.1, 0.15) is 53.5 Å². The molecule has 1 unspecified atom stereocenters. The molecule has 0 aliphatic rings. The maximum Gasteiger partial charge on any atom is 0.379 e. The fraction of sp³-hybridized carbons (Fsp3) is 0.478. The maximum atomic E-state index is 12.2. The fourth-order valence-electron chi connectivity index (χ4n) is 2.39. The Kier molecular flexibility index (Phi) is 8.01. The molecule has 0 N–H and O–H groups in total. The van der Waals surface area contributed by atoms with Crippen LogP contribution in [0.4, 0.5) is 0 Å². The lowest BCUT2D eigenvalue weighted by atomic mass is 9.78. The van der Waals surface area contributed by atoms with Gasteiger partial charge in [0.1, 0.15) is 11.9 Å². The second-order valence-corrected chi connectivity index (χ2v) is 8.88.